The van der Waals surface area contributed by atoms with E-state index in [1.165, 1.54) is 18.6 Å². The molecule has 1 spiro atoms. The maximum atomic E-state index is 12.7. The average Bonchev–Trinajstić information content (AvgIpc) is 3.58. The second kappa shape index (κ2) is 9.03. The zero-order valence-electron chi connectivity index (χ0n) is 17.3. The minimum atomic E-state index is -0.298. The molecule has 5 rings (SSSR count). The number of aromatic amines is 1. The molecule has 172 valence electrons. The van der Waals surface area contributed by atoms with Crippen LogP contribution >= 0.6 is 0 Å². The number of nitrogens with one attached hydrogen (secondary N) is 2. The Balaban J connectivity index is 0.000000775. The van der Waals surface area contributed by atoms with Gasteiger partial charge in [-0.2, -0.15) is 5.16 Å². The first-order chi connectivity index (χ1) is 15.5. The monoisotopic (exact) mass is 447 g/mol. The Bertz CT molecular complexity index is 1010. The molecule has 0 saturated carbocycles. The zero-order chi connectivity index (χ0) is 22.7. The maximum Gasteiger partial charge on any atom is 0.290 e. The molecule has 32 heavy (non-hydrogen) atoms. The Hall–Kier alpha value is -3.34. The second-order valence-electron chi connectivity index (χ2n) is 8.31. The number of nitrogens with zero attached hydrogens (tertiary/aromatic N) is 1. The van der Waals surface area contributed by atoms with Crippen molar-refractivity contribution in [1.29, 1.82) is 0 Å². The molecular weight excluding hydrogens is 422 g/mol. The normalized spacial score (nSPS) is 27.5. The van der Waals surface area contributed by atoms with Crippen LogP contribution in [0.25, 0.3) is 0 Å². The number of furan rings is 1. The molecule has 11 nitrogen and oxygen atoms in total. The lowest BCUT2D eigenvalue weighted by atomic mass is 9.73. The van der Waals surface area contributed by atoms with Crippen LogP contribution in [0.3, 0.4) is 0 Å². The van der Waals surface area contributed by atoms with Crippen LogP contribution in [-0.2, 0) is 20.7 Å². The number of hydrogen-bond donors (Lipinski definition) is 3. The summed E-state index contributed by atoms with van der Waals surface area (Å²) < 4.78 is 16.3. The molecule has 0 aromatic carbocycles. The van der Waals surface area contributed by atoms with Gasteiger partial charge in [0.15, 0.2) is 0 Å². The Morgan fingerprint density at radius 1 is 1.41 bits per heavy atom. The van der Waals surface area contributed by atoms with E-state index in [1.807, 2.05) is 4.90 Å². The molecule has 5 heterocycles. The molecule has 3 saturated heterocycles. The molecule has 3 fully saturated rings. The fraction of sp³-hybridized carbons (Fsp3) is 0.524. The molecule has 2 bridgehead atoms. The summed E-state index contributed by atoms with van der Waals surface area (Å²) in [5.41, 5.74) is -0.0809. The van der Waals surface area contributed by atoms with E-state index in [1.54, 1.807) is 6.07 Å². The van der Waals surface area contributed by atoms with E-state index in [9.17, 15) is 14.4 Å². The lowest BCUT2D eigenvalue weighted by molar-refractivity contribution is -0.131. The summed E-state index contributed by atoms with van der Waals surface area (Å²) in [7, 11) is 0. The smallest absolute Gasteiger partial charge is 0.290 e. The quantitative estimate of drug-likeness (QED) is 0.545. The number of likely N-dealkylation sites (tertiary alicyclic amines) is 1. The van der Waals surface area contributed by atoms with Crippen LogP contribution in [0, 0.1) is 11.8 Å². The number of carbonyl (C=O) groups excluding carboxylic acids is 2. The Morgan fingerprint density at radius 3 is 2.91 bits per heavy atom. The number of hydrogen-bond acceptors (Lipinski definition) is 7. The van der Waals surface area contributed by atoms with Gasteiger partial charge < -0.3 is 29.0 Å². The number of H-pyrrole nitrogens is 1. The van der Waals surface area contributed by atoms with Gasteiger partial charge in [-0.1, -0.05) is 0 Å². The highest BCUT2D eigenvalue weighted by atomic mass is 16.5. The Kier molecular flexibility index (Phi) is 6.17. The number of aryl methyl sites for hydroxylation is 1. The van der Waals surface area contributed by atoms with E-state index in [0.717, 1.165) is 12.8 Å². The fourth-order valence-electron chi connectivity index (χ4n) is 5.19. The van der Waals surface area contributed by atoms with E-state index in [2.05, 4.69) is 10.5 Å². The van der Waals surface area contributed by atoms with Gasteiger partial charge in [0.05, 0.1) is 30.1 Å². The third-order valence-corrected chi connectivity index (χ3v) is 6.58. The summed E-state index contributed by atoms with van der Waals surface area (Å²) in [5, 5.41) is 12.1. The van der Waals surface area contributed by atoms with Crippen LogP contribution in [0.1, 0.15) is 35.4 Å². The molecule has 2 amide bonds. The Labute approximate surface area is 182 Å². The number of aromatic nitrogens is 1. The third kappa shape index (κ3) is 4.20. The van der Waals surface area contributed by atoms with Crippen molar-refractivity contribution in [3.8, 4) is 0 Å². The van der Waals surface area contributed by atoms with E-state index >= 15 is 0 Å². The van der Waals surface area contributed by atoms with Gasteiger partial charge in [0, 0.05) is 43.8 Å². The number of carboxylic acid groups (broad SMARTS) is 1. The second-order valence-corrected chi connectivity index (χ2v) is 8.31. The summed E-state index contributed by atoms with van der Waals surface area (Å²) in [4.78, 5) is 46.3. The molecule has 3 aliphatic rings. The van der Waals surface area contributed by atoms with Gasteiger partial charge >= 0.3 is 0 Å². The highest BCUT2D eigenvalue weighted by molar-refractivity contribution is 5.93. The summed E-state index contributed by atoms with van der Waals surface area (Å²) in [6.07, 6.45) is 5.62. The van der Waals surface area contributed by atoms with Gasteiger partial charge in [0.1, 0.15) is 12.0 Å². The van der Waals surface area contributed by atoms with Crippen molar-refractivity contribution in [2.45, 2.75) is 37.4 Å². The number of ether oxygens (including phenoxy) is 1. The Morgan fingerprint density at radius 2 is 2.22 bits per heavy atom. The van der Waals surface area contributed by atoms with Crippen molar-refractivity contribution in [2.75, 3.05) is 19.6 Å². The molecule has 0 unspecified atom stereocenters. The molecule has 2 aromatic rings. The lowest BCUT2D eigenvalue weighted by Gasteiger charge is -2.29. The van der Waals surface area contributed by atoms with Crippen molar-refractivity contribution in [3.63, 3.8) is 0 Å². The summed E-state index contributed by atoms with van der Waals surface area (Å²) in [6.45, 7) is 1.51. The number of rotatable bonds is 6. The van der Waals surface area contributed by atoms with Crippen LogP contribution in [0.4, 0.5) is 0 Å². The van der Waals surface area contributed by atoms with Gasteiger partial charge in [-0.25, -0.2) is 0 Å². The molecule has 3 aliphatic heterocycles. The van der Waals surface area contributed by atoms with E-state index in [-0.39, 0.29) is 53.8 Å². The van der Waals surface area contributed by atoms with Crippen molar-refractivity contribution in [1.82, 2.24) is 15.4 Å². The molecule has 4 atom stereocenters. The molecule has 0 aliphatic carbocycles. The molecule has 2 aromatic heterocycles. The van der Waals surface area contributed by atoms with Gasteiger partial charge in [0.25, 0.3) is 17.9 Å². The van der Waals surface area contributed by atoms with Crippen LogP contribution in [0.2, 0.25) is 0 Å². The lowest BCUT2D eigenvalue weighted by Crippen LogP contribution is -2.41. The van der Waals surface area contributed by atoms with Gasteiger partial charge in [0.2, 0.25) is 5.91 Å². The summed E-state index contributed by atoms with van der Waals surface area (Å²) in [5.74, 6) is 0.776. The minimum absolute atomic E-state index is 0.0332. The van der Waals surface area contributed by atoms with Crippen LogP contribution in [0.15, 0.2) is 38.4 Å². The van der Waals surface area contributed by atoms with E-state index < -0.39 is 0 Å². The topological polar surface area (TPSA) is 155 Å². The average molecular weight is 447 g/mol. The molecule has 0 radical (unpaired) electrons. The number of carbonyl (C=O) groups is 3. The van der Waals surface area contributed by atoms with Crippen molar-refractivity contribution in [3.05, 3.63) is 46.3 Å². The third-order valence-electron chi connectivity index (χ3n) is 6.58. The first kappa shape index (κ1) is 21.9. The van der Waals surface area contributed by atoms with Gasteiger partial charge in [-0.15, -0.1) is 0 Å². The maximum absolute atomic E-state index is 12.7. The highest BCUT2D eigenvalue weighted by Crippen LogP contribution is 2.54. The molecular formula is C21H25N3O8. The predicted octanol–water partition coefficient (Wildman–Crippen LogP) is 0.630. The van der Waals surface area contributed by atoms with Gasteiger partial charge in [-0.05, 0) is 18.9 Å². The van der Waals surface area contributed by atoms with E-state index in [4.69, 9.17) is 23.6 Å². The van der Waals surface area contributed by atoms with Crippen LogP contribution < -0.4 is 10.9 Å². The number of amides is 2. The SMILES string of the molecule is O=C(NC[C@H]1[C@H]2CN(C(=O)CCc3cc(=O)[nH]o3)C[C@]23CC[C@H]1O3)c1ccoc1.O=CO. The largest absolute Gasteiger partial charge is 0.483 e. The van der Waals surface area contributed by atoms with Crippen molar-refractivity contribution >= 4 is 18.3 Å². The highest BCUT2D eigenvalue weighted by Gasteiger charge is 2.63. The summed E-state index contributed by atoms with van der Waals surface area (Å²) >= 11 is 0. The standard InChI is InChI=1S/C20H23N3O6.CH2O2/c24-17-7-13(29-22-17)1-2-18(25)23-9-15-14(16-3-5-20(15,11-23)28-16)8-21-19(26)12-4-6-27-10-12;2-1-3/h4,6-7,10,14-16H,1-3,5,8-9,11H2,(H,21,26)(H,22,24);1H,(H,2,3)/t14-,15+,16+,20+;/m0./s1. The zero-order valence-corrected chi connectivity index (χ0v) is 17.3. The van der Waals surface area contributed by atoms with E-state index in [0.29, 0.717) is 37.4 Å². The number of fused-ring (bicyclic) bond motifs is 1. The first-order valence-electron chi connectivity index (χ1n) is 10.5. The minimum Gasteiger partial charge on any atom is -0.483 e. The molecule has 11 heteroatoms. The fourth-order valence-corrected chi connectivity index (χ4v) is 5.19. The predicted molar refractivity (Wildman–Crippen MR) is 108 cm³/mol. The van der Waals surface area contributed by atoms with Gasteiger partial charge in [-0.3, -0.25) is 19.2 Å². The van der Waals surface area contributed by atoms with Crippen molar-refractivity contribution in [2.24, 2.45) is 11.8 Å². The molecule has 3 N–H and O–H groups in total. The summed E-state index contributed by atoms with van der Waals surface area (Å²) in [6, 6.07) is 3.00. The van der Waals surface area contributed by atoms with Crippen LogP contribution in [-0.4, -0.2) is 64.8 Å². The van der Waals surface area contributed by atoms with Crippen LogP contribution in [0.5, 0.6) is 0 Å². The first-order valence-corrected chi connectivity index (χ1v) is 10.5. The van der Waals surface area contributed by atoms with Crippen molar-refractivity contribution < 1.29 is 33.2 Å².